The minimum absolute atomic E-state index is 0.377. The van der Waals surface area contributed by atoms with Crippen molar-refractivity contribution < 1.29 is 8.61 Å². The maximum absolute atomic E-state index is 13.4. The Bertz CT molecular complexity index is 481. The van der Waals surface area contributed by atoms with Crippen LogP contribution in [-0.4, -0.2) is 33.1 Å². The molecule has 0 N–H and O–H groups in total. The Hall–Kier alpha value is -0.543. The Kier molecular flexibility index (Phi) is 4.50. The highest BCUT2D eigenvalue weighted by atomic mass is 28.3. The van der Waals surface area contributed by atoms with Crippen LogP contribution in [0.5, 0.6) is 0 Å². The van der Waals surface area contributed by atoms with Crippen LogP contribution in [-0.2, 0) is 4.46 Å². The van der Waals surface area contributed by atoms with E-state index >= 15 is 0 Å². The zero-order valence-electron chi connectivity index (χ0n) is 14.0. The molecule has 1 fully saturated rings. The SMILES string of the molecule is CC1=C(C)C(C)C([Si](=O)[N+](C)(C)C2CCCCC2)=C1C. The maximum atomic E-state index is 13.4. The molecule has 1 atom stereocenters. The summed E-state index contributed by atoms with van der Waals surface area (Å²) < 4.78 is 14.1. The van der Waals surface area contributed by atoms with Crippen LogP contribution in [0, 0.1) is 5.92 Å². The smallest absolute Gasteiger partial charge is 0.327 e. The molecule has 0 bridgehead atoms. The van der Waals surface area contributed by atoms with E-state index in [0.29, 0.717) is 12.0 Å². The maximum Gasteiger partial charge on any atom is 0.587 e. The van der Waals surface area contributed by atoms with E-state index in [9.17, 15) is 4.46 Å². The molecule has 0 aromatic rings. The highest BCUT2D eigenvalue weighted by molar-refractivity contribution is 6.45. The third-order valence-electron chi connectivity index (χ3n) is 5.88. The molecule has 2 aliphatic rings. The van der Waals surface area contributed by atoms with Crippen molar-refractivity contribution in [3.05, 3.63) is 21.9 Å². The summed E-state index contributed by atoms with van der Waals surface area (Å²) in [5, 5.41) is 1.25. The quantitative estimate of drug-likeness (QED) is 0.714. The lowest BCUT2D eigenvalue weighted by Crippen LogP contribution is -2.56. The van der Waals surface area contributed by atoms with E-state index in [2.05, 4.69) is 41.8 Å². The van der Waals surface area contributed by atoms with Crippen LogP contribution in [0.1, 0.15) is 59.8 Å². The Morgan fingerprint density at radius 2 is 1.55 bits per heavy atom. The predicted octanol–water partition coefficient (Wildman–Crippen LogP) is 4.16. The van der Waals surface area contributed by atoms with Gasteiger partial charge in [-0.3, -0.25) is 0 Å². The van der Waals surface area contributed by atoms with Crippen LogP contribution >= 0.6 is 0 Å². The van der Waals surface area contributed by atoms with Gasteiger partial charge in [0.15, 0.2) is 0 Å². The van der Waals surface area contributed by atoms with Crippen LogP contribution in [0.15, 0.2) is 21.9 Å². The van der Waals surface area contributed by atoms with Crippen LogP contribution in [0.2, 0.25) is 0 Å². The van der Waals surface area contributed by atoms with Crippen LogP contribution < -0.4 is 0 Å². The molecule has 1 unspecified atom stereocenters. The second-order valence-electron chi connectivity index (χ2n) is 7.21. The molecule has 0 aromatic heterocycles. The van der Waals surface area contributed by atoms with Crippen molar-refractivity contribution in [2.75, 3.05) is 14.1 Å². The minimum atomic E-state index is -1.78. The number of allylic oxidation sites excluding steroid dienone is 4. The first-order chi connectivity index (χ1) is 9.28. The topological polar surface area (TPSA) is 17.1 Å². The summed E-state index contributed by atoms with van der Waals surface area (Å²) in [5.74, 6) is 0.377. The number of hydrogen-bond acceptors (Lipinski definition) is 1. The van der Waals surface area contributed by atoms with Crippen molar-refractivity contribution in [3.63, 3.8) is 0 Å². The number of nitrogens with zero attached hydrogens (tertiary/aromatic N) is 1. The molecule has 0 aliphatic heterocycles. The predicted molar refractivity (Wildman–Crippen MR) is 85.7 cm³/mol. The van der Waals surface area contributed by atoms with E-state index in [1.54, 1.807) is 0 Å². The van der Waals surface area contributed by atoms with Crippen molar-refractivity contribution in [2.45, 2.75) is 65.8 Å². The number of quaternary nitrogens is 1. The largest absolute Gasteiger partial charge is 0.587 e. The Morgan fingerprint density at radius 3 is 2.00 bits per heavy atom. The third-order valence-corrected chi connectivity index (χ3v) is 8.56. The molecule has 0 radical (unpaired) electrons. The fourth-order valence-corrected chi connectivity index (χ4v) is 6.22. The lowest BCUT2D eigenvalue weighted by molar-refractivity contribution is -0.815. The van der Waals surface area contributed by atoms with Gasteiger partial charge in [0.25, 0.3) is 0 Å². The lowest BCUT2D eigenvalue weighted by Gasteiger charge is -2.39. The Labute approximate surface area is 125 Å². The minimum Gasteiger partial charge on any atom is -0.327 e. The standard InChI is InChI=1S/C17H30NOSi/c1-12-13(2)15(4)17(14(12)3)20(19)18(5,6)16-10-8-7-9-11-16/h14,16H,7-11H2,1-6H3/q+1. The average Bonchev–Trinajstić information content (AvgIpc) is 2.63. The first-order valence-corrected chi connectivity index (χ1v) is 9.41. The summed E-state index contributed by atoms with van der Waals surface area (Å²) in [6.45, 7) is 8.78. The van der Waals surface area contributed by atoms with Gasteiger partial charge in [-0.25, -0.2) is 0 Å². The van der Waals surface area contributed by atoms with Gasteiger partial charge in [0.05, 0.1) is 20.1 Å². The normalized spacial score (nSPS) is 25.6. The zero-order valence-corrected chi connectivity index (χ0v) is 15.0. The summed E-state index contributed by atoms with van der Waals surface area (Å²) in [4.78, 5) is 0. The first-order valence-electron chi connectivity index (χ1n) is 8.05. The molecule has 3 heteroatoms. The number of rotatable bonds is 3. The molecular formula is C17H30NOSi+. The van der Waals surface area contributed by atoms with Gasteiger partial charge in [0, 0.05) is 11.1 Å². The second-order valence-corrected chi connectivity index (χ2v) is 9.51. The molecule has 0 saturated heterocycles. The average molecular weight is 293 g/mol. The van der Waals surface area contributed by atoms with E-state index in [-0.39, 0.29) is 0 Å². The zero-order chi connectivity index (χ0) is 15.1. The van der Waals surface area contributed by atoms with Crippen molar-refractivity contribution in [2.24, 2.45) is 5.92 Å². The van der Waals surface area contributed by atoms with E-state index in [0.717, 1.165) is 4.15 Å². The van der Waals surface area contributed by atoms with Crippen molar-refractivity contribution >= 4 is 8.84 Å². The van der Waals surface area contributed by atoms with E-state index in [1.165, 1.54) is 54.0 Å². The van der Waals surface area contributed by atoms with Crippen LogP contribution in [0.4, 0.5) is 0 Å². The van der Waals surface area contributed by atoms with Gasteiger partial charge in [-0.05, 0) is 57.6 Å². The van der Waals surface area contributed by atoms with Crippen molar-refractivity contribution in [1.82, 2.24) is 0 Å². The van der Waals surface area contributed by atoms with Crippen LogP contribution in [0.25, 0.3) is 0 Å². The highest BCUT2D eigenvalue weighted by Crippen LogP contribution is 2.38. The van der Waals surface area contributed by atoms with E-state index in [1.807, 2.05) is 0 Å². The molecule has 20 heavy (non-hydrogen) atoms. The molecule has 2 nitrogen and oxygen atoms in total. The van der Waals surface area contributed by atoms with Crippen molar-refractivity contribution in [3.8, 4) is 0 Å². The molecule has 0 heterocycles. The van der Waals surface area contributed by atoms with Gasteiger partial charge in [-0.15, -0.1) is 0 Å². The molecular weight excluding hydrogens is 262 g/mol. The van der Waals surface area contributed by atoms with E-state index < -0.39 is 8.84 Å². The monoisotopic (exact) mass is 292 g/mol. The second kappa shape index (κ2) is 5.68. The molecule has 0 amide bonds. The first kappa shape index (κ1) is 15.8. The van der Waals surface area contributed by atoms with Gasteiger partial charge in [0.2, 0.25) is 0 Å². The fraction of sp³-hybridized carbons (Fsp3) is 0.765. The molecule has 1 saturated carbocycles. The molecule has 2 rings (SSSR count). The summed E-state index contributed by atoms with van der Waals surface area (Å²) in [7, 11) is 2.62. The van der Waals surface area contributed by atoms with Gasteiger partial charge in [-0.2, -0.15) is 0 Å². The van der Waals surface area contributed by atoms with Gasteiger partial charge >= 0.3 is 8.84 Å². The fourth-order valence-electron chi connectivity index (χ4n) is 3.91. The number of hydrogen-bond donors (Lipinski definition) is 0. The Balaban J connectivity index is 2.27. The van der Waals surface area contributed by atoms with Crippen LogP contribution in [0.3, 0.4) is 0 Å². The lowest BCUT2D eigenvalue weighted by atomic mass is 9.95. The molecule has 0 spiro atoms. The summed E-state index contributed by atoms with van der Waals surface area (Å²) >= 11 is 0. The van der Waals surface area contributed by atoms with Gasteiger partial charge in [-0.1, -0.05) is 18.9 Å². The van der Waals surface area contributed by atoms with Gasteiger partial charge < -0.3 is 8.61 Å². The van der Waals surface area contributed by atoms with Crippen molar-refractivity contribution in [1.29, 1.82) is 0 Å². The molecule has 0 aromatic carbocycles. The van der Waals surface area contributed by atoms with E-state index in [4.69, 9.17) is 0 Å². The highest BCUT2D eigenvalue weighted by Gasteiger charge is 2.45. The summed E-state index contributed by atoms with van der Waals surface area (Å²) in [6, 6.07) is 0.587. The molecule has 112 valence electrons. The molecule has 2 aliphatic carbocycles. The Morgan fingerprint density at radius 1 is 1.00 bits per heavy atom. The summed E-state index contributed by atoms with van der Waals surface area (Å²) in [5.41, 5.74) is 4.09. The van der Waals surface area contributed by atoms with Gasteiger partial charge in [0.1, 0.15) is 0 Å². The third kappa shape index (κ3) is 2.50. The summed E-state index contributed by atoms with van der Waals surface area (Å²) in [6.07, 6.45) is 6.47.